The zero-order chi connectivity index (χ0) is 6.88. The van der Waals surface area contributed by atoms with Gasteiger partial charge in [0.05, 0.1) is 0 Å². The molecule has 0 heterocycles. The van der Waals surface area contributed by atoms with Crippen molar-refractivity contribution in [3.05, 3.63) is 0 Å². The number of hydrogen-bond acceptors (Lipinski definition) is 1. The zero-order valence-electron chi connectivity index (χ0n) is 5.96. The fourth-order valence-corrected chi connectivity index (χ4v) is 4.62. The SMILES string of the molecule is CS[C@@H]1[C@H]2C[C@H]3[C@@H]([C@H]2F)[C@H]31. The van der Waals surface area contributed by atoms with Crippen molar-refractivity contribution >= 4 is 11.8 Å². The first-order valence-electron chi connectivity index (χ1n) is 4.01. The van der Waals surface area contributed by atoms with Crippen LogP contribution in [0.25, 0.3) is 0 Å². The maximum Gasteiger partial charge on any atom is 0.107 e. The van der Waals surface area contributed by atoms with E-state index < -0.39 is 6.17 Å². The highest BCUT2D eigenvalue weighted by molar-refractivity contribution is 7.99. The molecule has 4 rings (SSSR count). The molecule has 4 saturated carbocycles. The molecule has 4 bridgehead atoms. The summed E-state index contributed by atoms with van der Waals surface area (Å²) in [6.07, 6.45) is 2.93. The summed E-state index contributed by atoms with van der Waals surface area (Å²) in [5, 5.41) is 0.699. The van der Waals surface area contributed by atoms with E-state index in [1.54, 1.807) is 0 Å². The summed E-state index contributed by atoms with van der Waals surface area (Å²) in [6.45, 7) is 0. The summed E-state index contributed by atoms with van der Waals surface area (Å²) in [5.41, 5.74) is 0. The van der Waals surface area contributed by atoms with Gasteiger partial charge in [-0.05, 0) is 30.4 Å². The monoisotopic (exact) mass is 158 g/mol. The van der Waals surface area contributed by atoms with E-state index in [2.05, 4.69) is 6.26 Å². The van der Waals surface area contributed by atoms with Crippen molar-refractivity contribution in [2.24, 2.45) is 23.7 Å². The predicted octanol–water partition coefficient (Wildman–Crippen LogP) is 1.95. The molecule has 0 amide bonds. The molecule has 0 aromatic heterocycles. The smallest absolute Gasteiger partial charge is 0.107 e. The van der Waals surface area contributed by atoms with Crippen molar-refractivity contribution in [1.82, 2.24) is 0 Å². The highest BCUT2D eigenvalue weighted by Gasteiger charge is 2.73. The Bertz CT molecular complexity index is 182. The molecule has 0 N–H and O–H groups in total. The van der Waals surface area contributed by atoms with Crippen LogP contribution in [-0.4, -0.2) is 17.7 Å². The molecular formula is C8H11FS. The van der Waals surface area contributed by atoms with Gasteiger partial charge >= 0.3 is 0 Å². The number of alkyl halides is 1. The van der Waals surface area contributed by atoms with E-state index in [-0.39, 0.29) is 0 Å². The molecule has 0 aromatic rings. The summed E-state index contributed by atoms with van der Waals surface area (Å²) in [6, 6.07) is 0. The molecule has 0 aromatic carbocycles. The van der Waals surface area contributed by atoms with Gasteiger partial charge in [-0.2, -0.15) is 11.8 Å². The maximum absolute atomic E-state index is 13.2. The largest absolute Gasteiger partial charge is 0.247 e. The van der Waals surface area contributed by atoms with Gasteiger partial charge < -0.3 is 0 Å². The van der Waals surface area contributed by atoms with E-state index in [1.165, 1.54) is 6.42 Å². The first-order chi connectivity index (χ1) is 4.84. The van der Waals surface area contributed by atoms with E-state index in [0.717, 1.165) is 11.8 Å². The van der Waals surface area contributed by atoms with E-state index in [9.17, 15) is 4.39 Å². The minimum Gasteiger partial charge on any atom is -0.247 e. The number of rotatable bonds is 1. The molecular weight excluding hydrogens is 147 g/mol. The molecule has 4 aliphatic rings. The maximum atomic E-state index is 13.2. The third-order valence-electron chi connectivity index (χ3n) is 3.69. The summed E-state index contributed by atoms with van der Waals surface area (Å²) < 4.78 is 13.2. The van der Waals surface area contributed by atoms with Gasteiger partial charge in [0.25, 0.3) is 0 Å². The van der Waals surface area contributed by atoms with E-state index in [0.29, 0.717) is 17.1 Å². The van der Waals surface area contributed by atoms with Crippen molar-refractivity contribution in [2.45, 2.75) is 17.8 Å². The molecule has 0 unspecified atom stereocenters. The molecule has 4 fully saturated rings. The Morgan fingerprint density at radius 1 is 1.30 bits per heavy atom. The lowest BCUT2D eigenvalue weighted by atomic mass is 10.1. The van der Waals surface area contributed by atoms with Crippen LogP contribution in [0.2, 0.25) is 0 Å². The number of hydrogen-bond donors (Lipinski definition) is 0. The average Bonchev–Trinajstić information content (AvgIpc) is 2.29. The standard InChI is InChI=1S/C8H11FS/c1-10-8-4-2-3-5(6(3)8)7(4)9/h3-8H,2H2,1H3/t3-,4-,5+,6-,7-,8+/m0/s1. The van der Waals surface area contributed by atoms with Gasteiger partial charge in [0.1, 0.15) is 6.17 Å². The van der Waals surface area contributed by atoms with Crippen LogP contribution in [-0.2, 0) is 0 Å². The topological polar surface area (TPSA) is 0 Å². The molecule has 6 atom stereocenters. The molecule has 4 aliphatic carbocycles. The van der Waals surface area contributed by atoms with E-state index in [4.69, 9.17) is 0 Å². The lowest BCUT2D eigenvalue weighted by molar-refractivity contribution is 0.273. The summed E-state index contributed by atoms with van der Waals surface area (Å²) in [4.78, 5) is 0. The van der Waals surface area contributed by atoms with Gasteiger partial charge in [-0.15, -0.1) is 0 Å². The number of halogens is 1. The Labute approximate surface area is 64.6 Å². The van der Waals surface area contributed by atoms with E-state index >= 15 is 0 Å². The quantitative estimate of drug-likeness (QED) is 0.562. The van der Waals surface area contributed by atoms with Gasteiger partial charge in [0.15, 0.2) is 0 Å². The lowest BCUT2D eigenvalue weighted by Gasteiger charge is -2.11. The lowest BCUT2D eigenvalue weighted by Crippen LogP contribution is -2.13. The Kier molecular flexibility index (Phi) is 0.908. The van der Waals surface area contributed by atoms with Crippen LogP contribution in [0.4, 0.5) is 4.39 Å². The van der Waals surface area contributed by atoms with Crippen LogP contribution in [0.1, 0.15) is 6.42 Å². The minimum atomic E-state index is -0.410. The van der Waals surface area contributed by atoms with Crippen LogP contribution >= 0.6 is 11.8 Å². The molecule has 0 radical (unpaired) electrons. The van der Waals surface area contributed by atoms with E-state index in [1.807, 2.05) is 11.8 Å². The molecule has 0 aliphatic heterocycles. The molecule has 0 spiro atoms. The molecule has 56 valence electrons. The Morgan fingerprint density at radius 2 is 2.10 bits per heavy atom. The van der Waals surface area contributed by atoms with Crippen molar-refractivity contribution in [2.75, 3.05) is 6.26 Å². The van der Waals surface area contributed by atoms with Gasteiger partial charge in [-0.1, -0.05) is 0 Å². The highest BCUT2D eigenvalue weighted by Crippen LogP contribution is 2.73. The Balaban J connectivity index is 1.95. The summed E-state index contributed by atoms with van der Waals surface area (Å²) >= 11 is 1.90. The third kappa shape index (κ3) is 0.421. The minimum absolute atomic E-state index is 0.410. The first kappa shape index (κ1) is 5.87. The van der Waals surface area contributed by atoms with Crippen LogP contribution in [0.3, 0.4) is 0 Å². The Hall–Kier alpha value is 0.280. The second-order valence-corrected chi connectivity index (χ2v) is 4.88. The average molecular weight is 158 g/mol. The Morgan fingerprint density at radius 3 is 2.30 bits per heavy atom. The fraction of sp³-hybridized carbons (Fsp3) is 1.00. The van der Waals surface area contributed by atoms with Crippen LogP contribution in [0.5, 0.6) is 0 Å². The molecule has 2 heteroatoms. The summed E-state index contributed by atoms with van der Waals surface area (Å²) in [5.74, 6) is 2.59. The van der Waals surface area contributed by atoms with Crippen molar-refractivity contribution < 1.29 is 4.39 Å². The third-order valence-corrected chi connectivity index (χ3v) is 4.90. The van der Waals surface area contributed by atoms with Gasteiger partial charge in [0.2, 0.25) is 0 Å². The summed E-state index contributed by atoms with van der Waals surface area (Å²) in [7, 11) is 0. The van der Waals surface area contributed by atoms with Gasteiger partial charge in [-0.25, -0.2) is 4.39 Å². The van der Waals surface area contributed by atoms with Gasteiger partial charge in [-0.3, -0.25) is 0 Å². The van der Waals surface area contributed by atoms with Crippen molar-refractivity contribution in [1.29, 1.82) is 0 Å². The zero-order valence-corrected chi connectivity index (χ0v) is 6.77. The van der Waals surface area contributed by atoms with Crippen LogP contribution < -0.4 is 0 Å². The van der Waals surface area contributed by atoms with Gasteiger partial charge in [0, 0.05) is 11.2 Å². The predicted molar refractivity (Wildman–Crippen MR) is 40.8 cm³/mol. The van der Waals surface area contributed by atoms with Crippen molar-refractivity contribution in [3.63, 3.8) is 0 Å². The normalized spacial score (nSPS) is 69.0. The van der Waals surface area contributed by atoms with Crippen molar-refractivity contribution in [3.8, 4) is 0 Å². The fourth-order valence-electron chi connectivity index (χ4n) is 3.32. The highest BCUT2D eigenvalue weighted by atomic mass is 32.2. The number of thioether (sulfide) groups is 1. The molecule has 0 nitrogen and oxygen atoms in total. The molecule has 10 heavy (non-hydrogen) atoms. The van der Waals surface area contributed by atoms with Crippen LogP contribution in [0.15, 0.2) is 0 Å². The first-order valence-corrected chi connectivity index (χ1v) is 5.30. The molecule has 0 saturated heterocycles. The second-order valence-electron chi connectivity index (χ2n) is 3.86. The second kappa shape index (κ2) is 1.55. The van der Waals surface area contributed by atoms with Crippen LogP contribution in [0, 0.1) is 23.7 Å².